The van der Waals surface area contributed by atoms with Gasteiger partial charge in [0.25, 0.3) is 0 Å². The Morgan fingerprint density at radius 2 is 1.86 bits per heavy atom. The molecule has 2 fully saturated rings. The van der Waals surface area contributed by atoms with Crippen LogP contribution in [0, 0.1) is 5.92 Å². The lowest BCUT2D eigenvalue weighted by atomic mass is 9.76. The van der Waals surface area contributed by atoms with E-state index in [1.807, 2.05) is 12.1 Å². The molecule has 0 aromatic heterocycles. The molecule has 1 heterocycles. The first-order valence-corrected chi connectivity index (χ1v) is 7.99. The first-order valence-electron chi connectivity index (χ1n) is 7.19. The first-order chi connectivity index (χ1) is 9.27. The molecular weight excluding hydrogens is 375 g/mol. The highest BCUT2D eigenvalue weighted by Gasteiger charge is 2.35. The molecule has 2 N–H and O–H groups in total. The Bertz CT molecular complexity index is 451. The highest BCUT2D eigenvalue weighted by atomic mass is 79.9. The number of piperazine rings is 1. The van der Waals surface area contributed by atoms with E-state index in [0.29, 0.717) is 17.7 Å². The van der Waals surface area contributed by atoms with Crippen LogP contribution in [0.4, 0.5) is 0 Å². The summed E-state index contributed by atoms with van der Waals surface area (Å²) in [5, 5.41) is 13.8. The van der Waals surface area contributed by atoms with Gasteiger partial charge in [0.15, 0.2) is 0 Å². The Morgan fingerprint density at radius 1 is 1.19 bits per heavy atom. The summed E-state index contributed by atoms with van der Waals surface area (Å²) in [6.07, 6.45) is 3.92. The zero-order chi connectivity index (χ0) is 13.2. The average molecular weight is 398 g/mol. The maximum Gasteiger partial charge on any atom is 0.134 e. The highest BCUT2D eigenvalue weighted by molar-refractivity contribution is 9.10. The number of nitrogens with one attached hydrogen (secondary N) is 1. The largest absolute Gasteiger partial charge is 0.506 e. The van der Waals surface area contributed by atoms with E-state index in [4.69, 9.17) is 0 Å². The molecule has 0 radical (unpaired) electrons. The molecule has 1 aromatic carbocycles. The Morgan fingerprint density at radius 3 is 2.43 bits per heavy atom. The van der Waals surface area contributed by atoms with Crippen molar-refractivity contribution in [2.45, 2.75) is 25.3 Å². The molecule has 1 aliphatic carbocycles. The summed E-state index contributed by atoms with van der Waals surface area (Å²) < 4.78 is 0.810. The molecule has 1 aromatic rings. The predicted octanol–water partition coefficient (Wildman–Crippen LogP) is 3.74. The number of nitrogens with zero attached hydrogens (tertiary/aromatic N) is 1. The molecule has 1 saturated heterocycles. The zero-order valence-corrected chi connectivity index (χ0v) is 15.1. The highest BCUT2D eigenvalue weighted by Crippen LogP contribution is 2.45. The summed E-state index contributed by atoms with van der Waals surface area (Å²) in [5.74, 6) is 1.14. The monoisotopic (exact) mass is 396 g/mol. The van der Waals surface area contributed by atoms with E-state index in [0.717, 1.165) is 36.2 Å². The average Bonchev–Trinajstić information content (AvgIpc) is 2.38. The summed E-state index contributed by atoms with van der Waals surface area (Å²) in [7, 11) is 0. The molecule has 1 aliphatic heterocycles. The van der Waals surface area contributed by atoms with Gasteiger partial charge in [-0.15, -0.1) is 24.8 Å². The van der Waals surface area contributed by atoms with Crippen molar-refractivity contribution in [2.24, 2.45) is 5.92 Å². The number of halogens is 3. The lowest BCUT2D eigenvalue weighted by Gasteiger charge is -2.43. The third kappa shape index (κ3) is 4.05. The van der Waals surface area contributed by atoms with Gasteiger partial charge in [-0.2, -0.15) is 0 Å². The van der Waals surface area contributed by atoms with Crippen LogP contribution >= 0.6 is 40.7 Å². The molecule has 2 aliphatic rings. The fraction of sp³-hybridized carbons (Fsp3) is 0.600. The van der Waals surface area contributed by atoms with E-state index in [1.54, 1.807) is 0 Å². The van der Waals surface area contributed by atoms with Crippen LogP contribution < -0.4 is 5.32 Å². The van der Waals surface area contributed by atoms with Crippen LogP contribution in [0.15, 0.2) is 22.7 Å². The Hall–Kier alpha value is -0.000000000000000153. The molecule has 3 nitrogen and oxygen atoms in total. The quantitative estimate of drug-likeness (QED) is 0.815. The normalized spacial score (nSPS) is 20.8. The SMILES string of the molecule is Cl.Cl.Oc1c(Br)cccc1[C@@H](C1CCC1)N1CCNCC1. The van der Waals surface area contributed by atoms with Crippen molar-refractivity contribution < 1.29 is 5.11 Å². The molecular formula is C15H23BrCl2N2O. The number of phenolic OH excluding ortho intramolecular Hbond substituents is 1. The minimum Gasteiger partial charge on any atom is -0.506 e. The summed E-state index contributed by atoms with van der Waals surface area (Å²) >= 11 is 3.45. The maximum absolute atomic E-state index is 10.4. The molecule has 21 heavy (non-hydrogen) atoms. The molecule has 1 atom stereocenters. The Balaban J connectivity index is 0.00000110. The van der Waals surface area contributed by atoms with E-state index >= 15 is 0 Å². The topological polar surface area (TPSA) is 35.5 Å². The van der Waals surface area contributed by atoms with E-state index in [2.05, 4.69) is 32.2 Å². The smallest absolute Gasteiger partial charge is 0.134 e. The van der Waals surface area contributed by atoms with Crippen molar-refractivity contribution in [1.82, 2.24) is 10.2 Å². The lowest BCUT2D eigenvalue weighted by Crippen LogP contribution is -2.47. The fourth-order valence-corrected chi connectivity index (χ4v) is 3.62. The second-order valence-electron chi connectivity index (χ2n) is 5.60. The van der Waals surface area contributed by atoms with Crippen LogP contribution in [0.5, 0.6) is 5.75 Å². The first kappa shape index (κ1) is 19.0. The molecule has 0 spiro atoms. The number of benzene rings is 1. The molecule has 3 rings (SSSR count). The van der Waals surface area contributed by atoms with E-state index < -0.39 is 0 Å². The molecule has 0 unspecified atom stereocenters. The van der Waals surface area contributed by atoms with Gasteiger partial charge in [-0.25, -0.2) is 0 Å². The van der Waals surface area contributed by atoms with Crippen LogP contribution in [0.25, 0.3) is 0 Å². The summed E-state index contributed by atoms with van der Waals surface area (Å²) in [4.78, 5) is 2.54. The molecule has 1 saturated carbocycles. The standard InChI is InChI=1S/C15H21BrN2O.2ClH/c16-13-6-2-5-12(15(13)19)14(11-3-1-4-11)18-9-7-17-8-10-18;;/h2,5-6,11,14,17,19H,1,3-4,7-10H2;2*1H/t14-;;/m1../s1. The molecule has 6 heteroatoms. The fourth-order valence-electron chi connectivity index (χ4n) is 3.24. The van der Waals surface area contributed by atoms with Crippen LogP contribution in [0.3, 0.4) is 0 Å². The van der Waals surface area contributed by atoms with E-state index in [9.17, 15) is 5.11 Å². The van der Waals surface area contributed by atoms with Crippen molar-refractivity contribution in [2.75, 3.05) is 26.2 Å². The summed E-state index contributed by atoms with van der Waals surface area (Å²) in [5.41, 5.74) is 1.10. The van der Waals surface area contributed by atoms with Crippen LogP contribution in [-0.4, -0.2) is 36.2 Å². The van der Waals surface area contributed by atoms with Crippen LogP contribution in [0.2, 0.25) is 0 Å². The van der Waals surface area contributed by atoms with Gasteiger partial charge in [0.2, 0.25) is 0 Å². The van der Waals surface area contributed by atoms with Crippen molar-refractivity contribution >= 4 is 40.7 Å². The van der Waals surface area contributed by atoms with Gasteiger partial charge in [-0.05, 0) is 40.8 Å². The van der Waals surface area contributed by atoms with Gasteiger partial charge >= 0.3 is 0 Å². The van der Waals surface area contributed by atoms with Gasteiger partial charge in [-0.1, -0.05) is 18.6 Å². The van der Waals surface area contributed by atoms with Crippen molar-refractivity contribution in [3.05, 3.63) is 28.2 Å². The summed E-state index contributed by atoms with van der Waals surface area (Å²) in [6, 6.07) is 6.42. The number of aromatic hydroxyl groups is 1. The van der Waals surface area contributed by atoms with E-state index in [1.165, 1.54) is 19.3 Å². The number of hydrogen-bond donors (Lipinski definition) is 2. The Kier molecular flexibility index (Phi) is 7.79. The third-order valence-electron chi connectivity index (χ3n) is 4.48. The predicted molar refractivity (Wildman–Crippen MR) is 94.8 cm³/mol. The molecule has 120 valence electrons. The van der Waals surface area contributed by atoms with Gasteiger partial charge in [0.05, 0.1) is 4.47 Å². The second-order valence-corrected chi connectivity index (χ2v) is 6.45. The number of rotatable bonds is 3. The van der Waals surface area contributed by atoms with Gasteiger partial charge < -0.3 is 10.4 Å². The van der Waals surface area contributed by atoms with Gasteiger partial charge in [-0.3, -0.25) is 4.90 Å². The molecule has 0 amide bonds. The van der Waals surface area contributed by atoms with Crippen LogP contribution in [0.1, 0.15) is 30.9 Å². The van der Waals surface area contributed by atoms with Crippen molar-refractivity contribution in [3.8, 4) is 5.75 Å². The maximum atomic E-state index is 10.4. The zero-order valence-electron chi connectivity index (χ0n) is 11.9. The van der Waals surface area contributed by atoms with Crippen molar-refractivity contribution in [3.63, 3.8) is 0 Å². The minimum atomic E-state index is 0. The Labute approximate surface area is 147 Å². The summed E-state index contributed by atoms with van der Waals surface area (Å²) in [6.45, 7) is 4.26. The number of para-hydroxylation sites is 1. The second kappa shape index (κ2) is 8.59. The van der Waals surface area contributed by atoms with Crippen LogP contribution in [-0.2, 0) is 0 Å². The minimum absolute atomic E-state index is 0. The number of hydrogen-bond acceptors (Lipinski definition) is 3. The van der Waals surface area contributed by atoms with Crippen molar-refractivity contribution in [1.29, 1.82) is 0 Å². The lowest BCUT2D eigenvalue weighted by molar-refractivity contribution is 0.0819. The third-order valence-corrected chi connectivity index (χ3v) is 5.12. The number of phenols is 1. The van der Waals surface area contributed by atoms with Gasteiger partial charge in [0.1, 0.15) is 5.75 Å². The van der Waals surface area contributed by atoms with E-state index in [-0.39, 0.29) is 24.8 Å². The van der Waals surface area contributed by atoms with Gasteiger partial charge in [0, 0.05) is 37.8 Å². The molecule has 0 bridgehead atoms.